The number of esters is 2. The molecule has 21 heteroatoms. The van der Waals surface area contributed by atoms with Crippen LogP contribution in [0.25, 0.3) is 34.0 Å². The number of amides is 4. The molecule has 10 bridgehead atoms. The van der Waals surface area contributed by atoms with Crippen molar-refractivity contribution in [1.29, 1.82) is 0 Å². The van der Waals surface area contributed by atoms with E-state index in [0.717, 1.165) is 33.5 Å². The molecule has 2 aromatic carbocycles. The average molecular weight is 1250 g/mol. The SMILES string of the molecule is C.CC(C)[C@@H]1CC(=O)[C@@](C)(CO)/C=C/c2ccc3ccc(nc3c2)[C@@H](C)OC(=O)[C@@H]2CCCN(N2)C(=O)[C@H](C)NC1=O.CC(C)[C@@H]1CC(=O)[C@@](C)(COCC[Si](C)(C)C)/C=C/c2ccc3ccc(nc3c2)[C@@H](C)OC(=O)[C@@H]2CCCN(N2)C(=O)[C@H](C)NC1=O. The molecule has 0 saturated carbocycles. The van der Waals surface area contributed by atoms with E-state index in [1.807, 2.05) is 107 Å². The number of hydrazine groups is 2. The summed E-state index contributed by atoms with van der Waals surface area (Å²) < 4.78 is 17.7. The maximum absolute atomic E-state index is 14.1. The molecule has 0 aliphatic carbocycles. The number of rotatable bonds is 8. The summed E-state index contributed by atoms with van der Waals surface area (Å²) in [4.78, 5) is 117. The number of benzene rings is 2. The van der Waals surface area contributed by atoms with Crippen LogP contribution in [0.1, 0.15) is 150 Å². The number of carbonyl (C=O) groups is 8. The third-order valence-corrected chi connectivity index (χ3v) is 18.9. The molecule has 4 aliphatic heterocycles. The highest BCUT2D eigenvalue weighted by atomic mass is 28.3. The molecular weight excluding hydrogens is 1150 g/mol. The number of hydrogen-bond acceptors (Lipinski definition) is 16. The Bertz CT molecular complexity index is 3290. The van der Waals surface area contributed by atoms with Gasteiger partial charge in [-0.05, 0) is 120 Å². The van der Waals surface area contributed by atoms with Gasteiger partial charge in [-0.2, -0.15) is 0 Å². The van der Waals surface area contributed by atoms with Gasteiger partial charge in [0.05, 0.1) is 46.5 Å². The predicted octanol–water partition coefficient (Wildman–Crippen LogP) is 9.19. The van der Waals surface area contributed by atoms with E-state index in [1.165, 1.54) is 10.0 Å². The molecule has 4 aromatic rings. The van der Waals surface area contributed by atoms with E-state index in [2.05, 4.69) is 41.1 Å². The van der Waals surface area contributed by atoms with Gasteiger partial charge in [-0.3, -0.25) is 48.4 Å². The van der Waals surface area contributed by atoms with E-state index in [1.54, 1.807) is 46.8 Å². The van der Waals surface area contributed by atoms with Crippen molar-refractivity contribution in [2.24, 2.45) is 34.5 Å². The maximum atomic E-state index is 14.1. The van der Waals surface area contributed by atoms with Crippen molar-refractivity contribution in [3.8, 4) is 0 Å². The van der Waals surface area contributed by atoms with Crippen LogP contribution in [0.4, 0.5) is 0 Å². The number of carbonyl (C=O) groups excluding carboxylic acids is 8. The van der Waals surface area contributed by atoms with Crippen LogP contribution in [0.15, 0.2) is 72.8 Å². The fourth-order valence-corrected chi connectivity index (χ4v) is 11.6. The molecule has 484 valence electrons. The van der Waals surface area contributed by atoms with Gasteiger partial charge < -0.3 is 30.0 Å². The first-order valence-electron chi connectivity index (χ1n) is 31.1. The van der Waals surface area contributed by atoms with E-state index in [0.29, 0.717) is 62.3 Å². The highest BCUT2D eigenvalue weighted by molar-refractivity contribution is 6.76. The number of fused-ring (bicyclic) bond motifs is 8. The summed E-state index contributed by atoms with van der Waals surface area (Å²) in [5.41, 5.74) is 8.01. The fraction of sp³-hybridized carbons (Fsp3) is 0.559. The predicted molar refractivity (Wildman–Crippen MR) is 346 cm³/mol. The van der Waals surface area contributed by atoms with Gasteiger partial charge in [-0.1, -0.05) is 115 Å². The van der Waals surface area contributed by atoms with Crippen molar-refractivity contribution in [2.75, 3.05) is 32.9 Å². The van der Waals surface area contributed by atoms with Crippen LogP contribution in [0.2, 0.25) is 25.7 Å². The zero-order chi connectivity index (χ0) is 64.4. The Morgan fingerprint density at radius 3 is 1.44 bits per heavy atom. The summed E-state index contributed by atoms with van der Waals surface area (Å²) in [7, 11) is -1.34. The van der Waals surface area contributed by atoms with Gasteiger partial charge in [-0.25, -0.2) is 20.8 Å². The second-order valence-corrected chi connectivity index (χ2v) is 32.2. The molecule has 0 unspecified atom stereocenters. The van der Waals surface area contributed by atoms with Crippen LogP contribution in [0.5, 0.6) is 0 Å². The zero-order valence-electron chi connectivity index (χ0n) is 53.6. The molecule has 8 rings (SSSR count). The minimum atomic E-state index is -1.34. The molecular formula is C68H96N8O12Si. The number of ketones is 2. The quantitative estimate of drug-likeness (QED) is 0.0625. The van der Waals surface area contributed by atoms with Gasteiger partial charge in [0.15, 0.2) is 0 Å². The number of pyridine rings is 2. The molecule has 4 amide bonds. The van der Waals surface area contributed by atoms with Crippen molar-refractivity contribution >= 4 is 89.2 Å². The molecule has 2 fully saturated rings. The number of aromatic nitrogens is 2. The molecule has 5 N–H and O–H groups in total. The Kier molecular flexibility index (Phi) is 24.5. The summed E-state index contributed by atoms with van der Waals surface area (Å²) in [6, 6.07) is 16.9. The minimum Gasteiger partial charge on any atom is -0.455 e. The summed E-state index contributed by atoms with van der Waals surface area (Å²) in [6.07, 6.45) is 8.05. The van der Waals surface area contributed by atoms with E-state index in [-0.39, 0.29) is 62.1 Å². The second kappa shape index (κ2) is 30.6. The number of aliphatic hydroxyl groups excluding tert-OH is 1. The number of Topliss-reactive ketones (excluding diaryl/α,β-unsaturated/α-hetero) is 2. The van der Waals surface area contributed by atoms with Gasteiger partial charge in [0.25, 0.3) is 11.8 Å². The van der Waals surface area contributed by atoms with Gasteiger partial charge in [0, 0.05) is 63.2 Å². The van der Waals surface area contributed by atoms with E-state index in [4.69, 9.17) is 24.2 Å². The van der Waals surface area contributed by atoms with E-state index in [9.17, 15) is 43.5 Å². The van der Waals surface area contributed by atoms with Crippen molar-refractivity contribution in [3.63, 3.8) is 0 Å². The monoisotopic (exact) mass is 1240 g/mol. The van der Waals surface area contributed by atoms with Crippen molar-refractivity contribution < 1.29 is 57.7 Å². The van der Waals surface area contributed by atoms with Gasteiger partial charge >= 0.3 is 11.9 Å². The second-order valence-electron chi connectivity index (χ2n) is 26.6. The number of cyclic esters (lactones) is 2. The number of hydrogen-bond donors (Lipinski definition) is 5. The molecule has 0 radical (unpaired) electrons. The number of ether oxygens (including phenoxy) is 3. The lowest BCUT2D eigenvalue weighted by molar-refractivity contribution is -0.158. The Morgan fingerprint density at radius 1 is 0.629 bits per heavy atom. The molecule has 89 heavy (non-hydrogen) atoms. The maximum Gasteiger partial charge on any atom is 0.325 e. The number of nitrogens with zero attached hydrogens (tertiary/aromatic N) is 4. The third kappa shape index (κ3) is 18.5. The first-order valence-corrected chi connectivity index (χ1v) is 34.8. The molecule has 2 aromatic heterocycles. The molecule has 0 spiro atoms. The first kappa shape index (κ1) is 71.0. The topological polar surface area (TPSA) is 265 Å². The van der Waals surface area contributed by atoms with Crippen LogP contribution < -0.4 is 21.5 Å². The molecule has 10 atom stereocenters. The lowest BCUT2D eigenvalue weighted by atomic mass is 9.78. The Balaban J connectivity index is 0.000000283. The number of aliphatic hydroxyl groups is 1. The fourth-order valence-electron chi connectivity index (χ4n) is 10.9. The van der Waals surface area contributed by atoms with Crippen molar-refractivity contribution in [1.82, 2.24) is 41.5 Å². The van der Waals surface area contributed by atoms with Gasteiger partial charge in [0.2, 0.25) is 11.8 Å². The number of nitrogens with one attached hydrogen (secondary N) is 4. The lowest BCUT2D eigenvalue weighted by Crippen LogP contribution is -2.59. The van der Waals surface area contributed by atoms with Gasteiger partial charge in [0.1, 0.15) is 47.9 Å². The van der Waals surface area contributed by atoms with Crippen LogP contribution in [0.3, 0.4) is 0 Å². The van der Waals surface area contributed by atoms with E-state index >= 15 is 0 Å². The Morgan fingerprint density at radius 2 is 1.03 bits per heavy atom. The highest BCUT2D eigenvalue weighted by Gasteiger charge is 2.40. The molecule has 20 nitrogen and oxygen atoms in total. The minimum absolute atomic E-state index is 0. The van der Waals surface area contributed by atoms with Crippen LogP contribution >= 0.6 is 0 Å². The average Bonchev–Trinajstić information content (AvgIpc) is 3.51. The smallest absolute Gasteiger partial charge is 0.325 e. The summed E-state index contributed by atoms with van der Waals surface area (Å²) >= 11 is 0. The first-order chi connectivity index (χ1) is 41.5. The van der Waals surface area contributed by atoms with E-state index < -0.39 is 97.5 Å². The molecule has 4 aliphatic rings. The van der Waals surface area contributed by atoms with Crippen LogP contribution in [0, 0.1) is 34.5 Å². The molecule has 2 saturated heterocycles. The van der Waals surface area contributed by atoms with Crippen molar-refractivity contribution in [2.45, 2.75) is 177 Å². The summed E-state index contributed by atoms with van der Waals surface area (Å²) in [6.45, 7) is 25.7. The zero-order valence-corrected chi connectivity index (χ0v) is 54.6. The lowest BCUT2D eigenvalue weighted by Gasteiger charge is -2.35. The van der Waals surface area contributed by atoms with Gasteiger partial charge in [-0.15, -0.1) is 0 Å². The summed E-state index contributed by atoms with van der Waals surface area (Å²) in [5.74, 6) is -4.56. The normalized spacial score (nSPS) is 28.1. The highest BCUT2D eigenvalue weighted by Crippen LogP contribution is 2.32. The van der Waals surface area contributed by atoms with Crippen LogP contribution in [-0.4, -0.2) is 137 Å². The Labute approximate surface area is 526 Å². The Hall–Kier alpha value is -7.04. The van der Waals surface area contributed by atoms with Crippen LogP contribution in [-0.2, 0) is 52.6 Å². The van der Waals surface area contributed by atoms with Crippen molar-refractivity contribution in [3.05, 3.63) is 95.3 Å². The summed E-state index contributed by atoms with van der Waals surface area (Å²) in [5, 5.41) is 20.4. The third-order valence-electron chi connectivity index (χ3n) is 17.2. The molecule has 6 heterocycles. The largest absolute Gasteiger partial charge is 0.455 e. The standard InChI is InChI=1S/C36H52N4O6Si.C31H40N4O6.CH4/c1-23(2)28-21-32(41)36(5,22-45-18-19-47(6,7)8)16-15-26-11-12-27-13-14-29(38-31(27)20-26)25(4)46-35(44)30-10-9-17-40(39-30)34(43)24(3)37-33(28)42;1-18(2)23-16-27(37)31(5,17-36)13-12-21-8-9-22-10-11-24(33-26(22)15-21)20(4)41-30(40)25-7-6-14-35(34-25)29(39)19(3)32-28(23)38;/h11-16,20,23-25,28,30,39H,9-10,17-19,21-22H2,1-8H3,(H,37,42);8-13,15,18-20,23,25,34,36H,6-7,14,16-17H2,1-5H3,(H,32,38);1H4/b16-15+;13-12+;/t24-,25+,28-,30-,36+;19-,20+,23-,25-,31+;/m00./s1.